The van der Waals surface area contributed by atoms with Crippen LogP contribution >= 0.6 is 0 Å². The molecule has 0 atom stereocenters. The van der Waals surface area contributed by atoms with Gasteiger partial charge in [-0.1, -0.05) is 53.6 Å². The Hall–Kier alpha value is -4.41. The van der Waals surface area contributed by atoms with Crippen LogP contribution in [0.4, 0.5) is 5.69 Å². The molecule has 42 heavy (non-hydrogen) atoms. The SMILES string of the molecule is [N-]=[N+]=NCCOCCOCCOCCNC(=O)c1ccc(N)c(CC(=O)OCC2c3ccccc3-c3ccccc32)c1. The van der Waals surface area contributed by atoms with E-state index in [2.05, 4.69) is 39.6 Å². The van der Waals surface area contributed by atoms with Crippen LogP contribution in [0.1, 0.15) is 33.0 Å². The van der Waals surface area contributed by atoms with Crippen LogP contribution in [0, 0.1) is 0 Å². The average molecular weight is 574 g/mol. The van der Waals surface area contributed by atoms with Crippen molar-refractivity contribution < 1.29 is 28.5 Å². The van der Waals surface area contributed by atoms with E-state index in [-0.39, 0.29) is 24.9 Å². The van der Waals surface area contributed by atoms with Gasteiger partial charge in [0.05, 0.1) is 46.1 Å². The molecular weight excluding hydrogens is 538 g/mol. The van der Waals surface area contributed by atoms with Gasteiger partial charge in [-0.3, -0.25) is 9.59 Å². The van der Waals surface area contributed by atoms with Crippen molar-refractivity contribution in [2.24, 2.45) is 5.11 Å². The van der Waals surface area contributed by atoms with E-state index >= 15 is 0 Å². The van der Waals surface area contributed by atoms with Gasteiger partial charge in [0.25, 0.3) is 5.91 Å². The molecule has 3 aromatic carbocycles. The lowest BCUT2D eigenvalue weighted by Gasteiger charge is -2.15. The first-order valence-electron chi connectivity index (χ1n) is 13.8. The molecule has 0 radical (unpaired) electrons. The van der Waals surface area contributed by atoms with Gasteiger partial charge >= 0.3 is 5.97 Å². The number of ether oxygens (including phenoxy) is 4. The van der Waals surface area contributed by atoms with Crippen LogP contribution in [0.3, 0.4) is 0 Å². The molecule has 0 fully saturated rings. The van der Waals surface area contributed by atoms with Crippen LogP contribution in [0.5, 0.6) is 0 Å². The number of rotatable bonds is 17. The maximum atomic E-state index is 12.8. The highest BCUT2D eigenvalue weighted by Crippen LogP contribution is 2.44. The highest BCUT2D eigenvalue weighted by Gasteiger charge is 2.29. The fraction of sp³-hybridized carbons (Fsp3) is 0.355. The summed E-state index contributed by atoms with van der Waals surface area (Å²) in [6, 6.07) is 21.2. The van der Waals surface area contributed by atoms with Gasteiger partial charge in [0.1, 0.15) is 6.61 Å². The van der Waals surface area contributed by atoms with Crippen molar-refractivity contribution in [1.29, 1.82) is 0 Å². The van der Waals surface area contributed by atoms with Crippen molar-refractivity contribution in [3.63, 3.8) is 0 Å². The fourth-order valence-electron chi connectivity index (χ4n) is 4.75. The summed E-state index contributed by atoms with van der Waals surface area (Å²) in [5.41, 5.74) is 20.3. The third kappa shape index (κ3) is 8.55. The number of hydrogen-bond donors (Lipinski definition) is 2. The van der Waals surface area contributed by atoms with E-state index in [1.807, 2.05) is 24.3 Å². The molecule has 0 heterocycles. The average Bonchev–Trinajstić information content (AvgIpc) is 3.33. The van der Waals surface area contributed by atoms with E-state index in [9.17, 15) is 9.59 Å². The first kappa shape index (κ1) is 30.5. The molecule has 0 spiro atoms. The summed E-state index contributed by atoms with van der Waals surface area (Å²) in [5, 5.41) is 6.17. The number of carbonyl (C=O) groups is 2. The molecule has 1 aliphatic rings. The molecule has 4 rings (SSSR count). The summed E-state index contributed by atoms with van der Waals surface area (Å²) >= 11 is 0. The molecule has 220 valence electrons. The molecule has 0 saturated heterocycles. The third-order valence-electron chi connectivity index (χ3n) is 6.79. The van der Waals surface area contributed by atoms with E-state index in [1.54, 1.807) is 18.2 Å². The summed E-state index contributed by atoms with van der Waals surface area (Å²) in [6.45, 7) is 3.09. The predicted octanol–water partition coefficient (Wildman–Crippen LogP) is 4.26. The van der Waals surface area contributed by atoms with Gasteiger partial charge in [0.15, 0.2) is 0 Å². The Bertz CT molecular complexity index is 1360. The van der Waals surface area contributed by atoms with E-state index in [0.29, 0.717) is 69.5 Å². The number of anilines is 1. The first-order valence-corrected chi connectivity index (χ1v) is 13.8. The zero-order valence-corrected chi connectivity index (χ0v) is 23.4. The Kier molecular flexibility index (Phi) is 11.7. The van der Waals surface area contributed by atoms with Crippen molar-refractivity contribution in [2.75, 3.05) is 65.1 Å². The zero-order valence-electron chi connectivity index (χ0n) is 23.4. The second kappa shape index (κ2) is 16.1. The number of nitrogen functional groups attached to an aromatic ring is 1. The lowest BCUT2D eigenvalue weighted by molar-refractivity contribution is -0.143. The topological polar surface area (TPSA) is 158 Å². The van der Waals surface area contributed by atoms with Gasteiger partial charge in [-0.15, -0.1) is 0 Å². The maximum absolute atomic E-state index is 12.8. The monoisotopic (exact) mass is 573 g/mol. The van der Waals surface area contributed by atoms with Gasteiger partial charge < -0.3 is 30.0 Å². The predicted molar refractivity (Wildman–Crippen MR) is 158 cm³/mol. The Labute approximate surface area is 244 Å². The number of carbonyl (C=O) groups excluding carboxylic acids is 2. The molecule has 1 aliphatic carbocycles. The van der Waals surface area contributed by atoms with Gasteiger partial charge in [-0.25, -0.2) is 0 Å². The van der Waals surface area contributed by atoms with Crippen LogP contribution < -0.4 is 11.1 Å². The minimum Gasteiger partial charge on any atom is -0.464 e. The molecule has 3 aromatic rings. The third-order valence-corrected chi connectivity index (χ3v) is 6.79. The highest BCUT2D eigenvalue weighted by atomic mass is 16.5. The van der Waals surface area contributed by atoms with Gasteiger partial charge in [0, 0.05) is 35.2 Å². The normalized spacial score (nSPS) is 11.8. The molecule has 0 bridgehead atoms. The largest absolute Gasteiger partial charge is 0.464 e. The molecule has 0 saturated carbocycles. The second-order valence-electron chi connectivity index (χ2n) is 9.55. The Morgan fingerprint density at radius 3 is 2.14 bits per heavy atom. The van der Waals surface area contributed by atoms with Crippen LogP contribution in [0.2, 0.25) is 0 Å². The number of nitrogens with zero attached hydrogens (tertiary/aromatic N) is 3. The molecule has 3 N–H and O–H groups in total. The number of hydrogen-bond acceptors (Lipinski definition) is 8. The van der Waals surface area contributed by atoms with Crippen molar-refractivity contribution in [2.45, 2.75) is 12.3 Å². The molecule has 0 unspecified atom stereocenters. The van der Waals surface area contributed by atoms with Crippen LogP contribution in [0.15, 0.2) is 71.8 Å². The van der Waals surface area contributed by atoms with Gasteiger partial charge in [-0.05, 0) is 51.5 Å². The summed E-state index contributed by atoms with van der Waals surface area (Å²) in [6.07, 6.45) is -0.0368. The Morgan fingerprint density at radius 1 is 0.857 bits per heavy atom. The standard InChI is InChI=1S/C31H35N5O6/c32-29-10-9-22(31(38)34-11-13-39-15-17-41-18-16-40-14-12-35-36-33)19-23(29)20-30(37)42-21-28-26-7-3-1-5-24(26)25-6-2-4-8-27(25)28/h1-10,19,28H,11-18,20-21,32H2,(H,34,38). The summed E-state index contributed by atoms with van der Waals surface area (Å²) in [5.74, 6) is -0.724. The van der Waals surface area contributed by atoms with Gasteiger partial charge in [0.2, 0.25) is 0 Å². The molecular formula is C31H35N5O6. The maximum Gasteiger partial charge on any atom is 0.310 e. The Morgan fingerprint density at radius 2 is 1.48 bits per heavy atom. The van der Waals surface area contributed by atoms with E-state index in [1.165, 1.54) is 0 Å². The van der Waals surface area contributed by atoms with Crippen LogP contribution in [-0.2, 0) is 30.2 Å². The summed E-state index contributed by atoms with van der Waals surface area (Å²) in [4.78, 5) is 28.1. The molecule has 0 aliphatic heterocycles. The van der Waals surface area contributed by atoms with Crippen molar-refractivity contribution in [3.05, 3.63) is 99.4 Å². The zero-order chi connectivity index (χ0) is 29.6. The second-order valence-corrected chi connectivity index (χ2v) is 9.55. The Balaban J connectivity index is 1.16. The van der Waals surface area contributed by atoms with Crippen molar-refractivity contribution in [1.82, 2.24) is 5.32 Å². The molecule has 11 nitrogen and oxygen atoms in total. The smallest absolute Gasteiger partial charge is 0.310 e. The lowest BCUT2D eigenvalue weighted by atomic mass is 9.98. The number of azide groups is 1. The minimum atomic E-state index is -0.406. The number of nitrogens with two attached hydrogens (primary N) is 1. The molecule has 1 amide bonds. The van der Waals surface area contributed by atoms with E-state index in [0.717, 1.165) is 22.3 Å². The van der Waals surface area contributed by atoms with Gasteiger partial charge in [-0.2, -0.15) is 0 Å². The highest BCUT2D eigenvalue weighted by molar-refractivity contribution is 5.95. The van der Waals surface area contributed by atoms with Crippen molar-refractivity contribution >= 4 is 17.6 Å². The van der Waals surface area contributed by atoms with E-state index < -0.39 is 5.97 Å². The lowest BCUT2D eigenvalue weighted by Crippen LogP contribution is -2.28. The molecule has 11 heteroatoms. The number of nitrogens with one attached hydrogen (secondary N) is 1. The fourth-order valence-corrected chi connectivity index (χ4v) is 4.75. The number of amides is 1. The van der Waals surface area contributed by atoms with Crippen LogP contribution in [0.25, 0.3) is 21.6 Å². The minimum absolute atomic E-state index is 0.0278. The quantitative estimate of drug-likeness (QED) is 0.0610. The number of benzene rings is 3. The first-order chi connectivity index (χ1) is 20.6. The van der Waals surface area contributed by atoms with Crippen LogP contribution in [-0.4, -0.2) is 71.2 Å². The molecule has 0 aromatic heterocycles. The number of esters is 1. The summed E-state index contributed by atoms with van der Waals surface area (Å²) in [7, 11) is 0. The number of fused-ring (bicyclic) bond motifs is 3. The van der Waals surface area contributed by atoms with E-state index in [4.69, 9.17) is 30.2 Å². The summed E-state index contributed by atoms with van der Waals surface area (Å²) < 4.78 is 21.8. The van der Waals surface area contributed by atoms with Crippen molar-refractivity contribution in [3.8, 4) is 11.1 Å².